The van der Waals surface area contributed by atoms with Crippen molar-refractivity contribution in [1.82, 2.24) is 15.2 Å². The monoisotopic (exact) mass is 296 g/mol. The van der Waals surface area contributed by atoms with Crippen molar-refractivity contribution in [3.63, 3.8) is 0 Å². The fourth-order valence-electron chi connectivity index (χ4n) is 2.35. The number of rotatable bonds is 6. The van der Waals surface area contributed by atoms with Crippen molar-refractivity contribution >= 4 is 20.7 Å². The lowest BCUT2D eigenvalue weighted by Gasteiger charge is -2.13. The van der Waals surface area contributed by atoms with Crippen LogP contribution in [0.2, 0.25) is 0 Å². The van der Waals surface area contributed by atoms with Crippen LogP contribution in [0.3, 0.4) is 0 Å². The number of hydrazine groups is 1. The Morgan fingerprint density at radius 1 is 1.40 bits per heavy atom. The largest absolute Gasteiger partial charge is 0.271 e. The number of aryl methyl sites for hydroxylation is 1. The molecule has 0 radical (unpaired) electrons. The molecule has 7 heteroatoms. The number of hydrogen-bond donors (Lipinski definition) is 2. The Kier molecular flexibility index (Phi) is 4.42. The fraction of sp³-hybridized carbons (Fsp3) is 0.462. The summed E-state index contributed by atoms with van der Waals surface area (Å²) in [6.07, 6.45) is 1.69. The second-order valence-corrected chi connectivity index (χ2v) is 7.12. The van der Waals surface area contributed by atoms with E-state index in [9.17, 15) is 8.42 Å². The number of nitrogens with zero attached hydrogens (tertiary/aromatic N) is 2. The molecule has 1 heterocycles. The quantitative estimate of drug-likeness (QED) is 0.597. The molecule has 0 aliphatic rings. The SMILES string of the molecule is CCn1nc(CC(CS(C)(=O)=O)NN)c2ccccc21. The van der Waals surface area contributed by atoms with Crippen LogP contribution in [0.1, 0.15) is 12.6 Å². The highest BCUT2D eigenvalue weighted by Crippen LogP contribution is 2.19. The van der Waals surface area contributed by atoms with Gasteiger partial charge in [-0.2, -0.15) is 5.10 Å². The van der Waals surface area contributed by atoms with Gasteiger partial charge in [-0.15, -0.1) is 0 Å². The van der Waals surface area contributed by atoms with Crippen LogP contribution in [-0.4, -0.2) is 36.2 Å². The van der Waals surface area contributed by atoms with E-state index < -0.39 is 9.84 Å². The Hall–Kier alpha value is -1.44. The molecule has 2 rings (SSSR count). The summed E-state index contributed by atoms with van der Waals surface area (Å²) in [5.41, 5.74) is 4.50. The third-order valence-corrected chi connectivity index (χ3v) is 4.22. The van der Waals surface area contributed by atoms with E-state index in [0.717, 1.165) is 23.1 Å². The first-order valence-corrected chi connectivity index (χ1v) is 8.59. The third-order valence-electron chi connectivity index (χ3n) is 3.21. The van der Waals surface area contributed by atoms with Crippen LogP contribution < -0.4 is 11.3 Å². The van der Waals surface area contributed by atoms with E-state index in [0.29, 0.717) is 6.42 Å². The van der Waals surface area contributed by atoms with E-state index in [4.69, 9.17) is 5.84 Å². The van der Waals surface area contributed by atoms with Crippen molar-refractivity contribution in [3.05, 3.63) is 30.0 Å². The van der Waals surface area contributed by atoms with Crippen LogP contribution in [-0.2, 0) is 22.8 Å². The number of aromatic nitrogens is 2. The van der Waals surface area contributed by atoms with Crippen molar-refractivity contribution < 1.29 is 8.42 Å². The number of hydrogen-bond acceptors (Lipinski definition) is 5. The predicted octanol–water partition coefficient (Wildman–Crippen LogP) is 0.475. The van der Waals surface area contributed by atoms with Crippen LogP contribution in [0.15, 0.2) is 24.3 Å². The standard InChI is InChI=1S/C13H20N4O2S/c1-3-17-13-7-5-4-6-11(13)12(16-17)8-10(15-14)9-20(2,18)19/h4-7,10,15H,3,8-9,14H2,1-2H3. The highest BCUT2D eigenvalue weighted by Gasteiger charge is 2.18. The lowest BCUT2D eigenvalue weighted by Crippen LogP contribution is -2.41. The second kappa shape index (κ2) is 5.90. The minimum atomic E-state index is -3.08. The zero-order chi connectivity index (χ0) is 14.8. The molecule has 110 valence electrons. The summed E-state index contributed by atoms with van der Waals surface area (Å²) >= 11 is 0. The van der Waals surface area contributed by atoms with Crippen molar-refractivity contribution in [2.24, 2.45) is 5.84 Å². The molecular weight excluding hydrogens is 276 g/mol. The van der Waals surface area contributed by atoms with Gasteiger partial charge in [-0.25, -0.2) is 8.42 Å². The Balaban J connectivity index is 2.33. The van der Waals surface area contributed by atoms with E-state index in [1.54, 1.807) is 0 Å². The summed E-state index contributed by atoms with van der Waals surface area (Å²) in [5, 5.41) is 5.60. The Morgan fingerprint density at radius 2 is 2.10 bits per heavy atom. The minimum Gasteiger partial charge on any atom is -0.271 e. The van der Waals surface area contributed by atoms with E-state index in [1.165, 1.54) is 6.26 Å². The zero-order valence-corrected chi connectivity index (χ0v) is 12.5. The molecule has 0 bridgehead atoms. The van der Waals surface area contributed by atoms with Gasteiger partial charge in [-0.3, -0.25) is 16.0 Å². The minimum absolute atomic E-state index is 0.00316. The molecular formula is C13H20N4O2S. The van der Waals surface area contributed by atoms with Gasteiger partial charge >= 0.3 is 0 Å². The van der Waals surface area contributed by atoms with Gasteiger partial charge in [0.2, 0.25) is 0 Å². The van der Waals surface area contributed by atoms with E-state index >= 15 is 0 Å². The number of benzene rings is 1. The summed E-state index contributed by atoms with van der Waals surface area (Å²) in [4.78, 5) is 0. The van der Waals surface area contributed by atoms with Crippen molar-refractivity contribution in [2.75, 3.05) is 12.0 Å². The Bertz CT molecular complexity index is 693. The first-order chi connectivity index (χ1) is 9.44. The molecule has 0 spiro atoms. The van der Waals surface area contributed by atoms with Crippen LogP contribution >= 0.6 is 0 Å². The van der Waals surface area contributed by atoms with Gasteiger partial charge in [0.1, 0.15) is 9.84 Å². The van der Waals surface area contributed by atoms with Crippen LogP contribution in [0.5, 0.6) is 0 Å². The Labute approximate surface area is 118 Å². The lowest BCUT2D eigenvalue weighted by molar-refractivity contribution is 0.538. The van der Waals surface area contributed by atoms with Gasteiger partial charge in [0.25, 0.3) is 0 Å². The Morgan fingerprint density at radius 3 is 2.70 bits per heavy atom. The van der Waals surface area contributed by atoms with Crippen molar-refractivity contribution in [1.29, 1.82) is 0 Å². The summed E-state index contributed by atoms with van der Waals surface area (Å²) in [7, 11) is -3.08. The smallest absolute Gasteiger partial charge is 0.149 e. The van der Waals surface area contributed by atoms with Gasteiger partial charge in [-0.1, -0.05) is 18.2 Å². The highest BCUT2D eigenvalue weighted by atomic mass is 32.2. The van der Waals surface area contributed by atoms with Gasteiger partial charge in [0, 0.05) is 30.6 Å². The van der Waals surface area contributed by atoms with Crippen LogP contribution in [0, 0.1) is 0 Å². The molecule has 2 aromatic rings. The molecule has 1 aromatic carbocycles. The summed E-state index contributed by atoms with van der Waals surface area (Å²) in [5.74, 6) is 5.46. The molecule has 0 amide bonds. The van der Waals surface area contributed by atoms with E-state index in [-0.39, 0.29) is 11.8 Å². The first kappa shape index (κ1) is 15.0. The molecule has 6 nitrogen and oxygen atoms in total. The first-order valence-electron chi connectivity index (χ1n) is 6.53. The number of fused-ring (bicyclic) bond motifs is 1. The van der Waals surface area contributed by atoms with Crippen LogP contribution in [0.4, 0.5) is 0 Å². The molecule has 1 atom stereocenters. The summed E-state index contributed by atoms with van der Waals surface area (Å²) in [6.45, 7) is 2.80. The maximum atomic E-state index is 11.4. The number of nitrogens with one attached hydrogen (secondary N) is 1. The zero-order valence-electron chi connectivity index (χ0n) is 11.7. The molecule has 0 saturated carbocycles. The fourth-order valence-corrected chi connectivity index (χ4v) is 3.30. The summed E-state index contributed by atoms with van der Waals surface area (Å²) in [6, 6.07) is 7.59. The molecule has 1 aromatic heterocycles. The number of nitrogens with two attached hydrogens (primary N) is 1. The van der Waals surface area contributed by atoms with Gasteiger partial charge < -0.3 is 0 Å². The highest BCUT2D eigenvalue weighted by molar-refractivity contribution is 7.90. The molecule has 20 heavy (non-hydrogen) atoms. The number of sulfone groups is 1. The molecule has 1 unspecified atom stereocenters. The van der Waals surface area contributed by atoms with Gasteiger partial charge in [0.15, 0.2) is 0 Å². The van der Waals surface area contributed by atoms with E-state index in [2.05, 4.69) is 10.5 Å². The number of para-hydroxylation sites is 1. The van der Waals surface area contributed by atoms with E-state index in [1.807, 2.05) is 35.9 Å². The van der Waals surface area contributed by atoms with Gasteiger partial charge in [-0.05, 0) is 13.0 Å². The second-order valence-electron chi connectivity index (χ2n) is 4.94. The van der Waals surface area contributed by atoms with Crippen molar-refractivity contribution in [3.8, 4) is 0 Å². The lowest BCUT2D eigenvalue weighted by atomic mass is 10.1. The average molecular weight is 296 g/mol. The molecule has 0 aliphatic heterocycles. The van der Waals surface area contributed by atoms with Crippen molar-refractivity contribution in [2.45, 2.75) is 25.9 Å². The average Bonchev–Trinajstić information content (AvgIpc) is 2.75. The molecule has 0 saturated heterocycles. The normalized spacial score (nSPS) is 13.8. The topological polar surface area (TPSA) is 90.0 Å². The molecule has 0 aliphatic carbocycles. The maximum Gasteiger partial charge on any atom is 0.149 e. The summed E-state index contributed by atoms with van der Waals surface area (Å²) < 4.78 is 24.7. The third kappa shape index (κ3) is 3.36. The maximum absolute atomic E-state index is 11.4. The predicted molar refractivity (Wildman–Crippen MR) is 79.9 cm³/mol. The van der Waals surface area contributed by atoms with Crippen LogP contribution in [0.25, 0.3) is 10.9 Å². The molecule has 0 fully saturated rings. The van der Waals surface area contributed by atoms with Gasteiger partial charge in [0.05, 0.1) is 17.0 Å². The molecule has 3 N–H and O–H groups in total.